The summed E-state index contributed by atoms with van der Waals surface area (Å²) in [7, 11) is 0. The maximum absolute atomic E-state index is 13.0. The van der Waals surface area contributed by atoms with Crippen LogP contribution in [-0.4, -0.2) is 41.7 Å². The summed E-state index contributed by atoms with van der Waals surface area (Å²) >= 11 is 5.32. The molecule has 2 rings (SSSR count). The number of rotatable bonds is 1. The molecule has 0 aliphatic rings. The molecular formula is C7H2ClF5N6O. The molecule has 0 spiro atoms. The molecule has 0 saturated heterocycles. The predicted molar refractivity (Wildman–Crippen MR) is 51.2 cm³/mol. The SMILES string of the molecule is O=C(n1cncn1)n1nc(C(F)(F)C(F)(F)F)nc1Cl. The zero-order valence-electron chi connectivity index (χ0n) is 9.01. The summed E-state index contributed by atoms with van der Waals surface area (Å²) in [4.78, 5) is 17.8. The third-order valence-electron chi connectivity index (χ3n) is 2.00. The molecule has 0 atom stereocenters. The van der Waals surface area contributed by atoms with Crippen molar-refractivity contribution in [2.45, 2.75) is 12.1 Å². The zero-order chi connectivity index (χ0) is 15.1. The molecule has 20 heavy (non-hydrogen) atoms. The first-order chi connectivity index (χ1) is 9.14. The Balaban J connectivity index is 2.43. The lowest BCUT2D eigenvalue weighted by Gasteiger charge is -2.15. The van der Waals surface area contributed by atoms with Gasteiger partial charge in [-0.25, -0.2) is 9.78 Å². The molecule has 0 N–H and O–H groups in total. The van der Waals surface area contributed by atoms with Gasteiger partial charge in [-0.15, -0.1) is 9.78 Å². The monoisotopic (exact) mass is 316 g/mol. The quantitative estimate of drug-likeness (QED) is 0.748. The minimum atomic E-state index is -5.92. The fourth-order valence-electron chi connectivity index (χ4n) is 1.08. The minimum Gasteiger partial charge on any atom is -0.243 e. The van der Waals surface area contributed by atoms with E-state index >= 15 is 0 Å². The van der Waals surface area contributed by atoms with Crippen LogP contribution in [0.2, 0.25) is 5.28 Å². The molecule has 0 bridgehead atoms. The van der Waals surface area contributed by atoms with Crippen molar-refractivity contribution in [3.05, 3.63) is 23.8 Å². The Labute approximate surface area is 111 Å². The number of hydrogen-bond acceptors (Lipinski definition) is 5. The summed E-state index contributed by atoms with van der Waals surface area (Å²) in [6.45, 7) is 0. The van der Waals surface area contributed by atoms with Crippen LogP contribution in [0.25, 0.3) is 0 Å². The average molecular weight is 317 g/mol. The van der Waals surface area contributed by atoms with Crippen molar-refractivity contribution >= 4 is 17.6 Å². The first kappa shape index (κ1) is 14.3. The molecule has 7 nitrogen and oxygen atoms in total. The first-order valence-electron chi connectivity index (χ1n) is 4.61. The molecule has 0 aliphatic heterocycles. The van der Waals surface area contributed by atoms with Gasteiger partial charge in [-0.05, 0) is 11.6 Å². The van der Waals surface area contributed by atoms with Gasteiger partial charge in [0.15, 0.2) is 0 Å². The highest BCUT2D eigenvalue weighted by molar-refractivity contribution is 6.29. The molecule has 0 saturated carbocycles. The van der Waals surface area contributed by atoms with E-state index in [0.29, 0.717) is 4.68 Å². The van der Waals surface area contributed by atoms with Crippen molar-refractivity contribution in [1.29, 1.82) is 0 Å². The lowest BCUT2D eigenvalue weighted by atomic mass is 10.3. The third kappa shape index (κ3) is 2.21. The average Bonchev–Trinajstić information content (AvgIpc) is 2.95. The van der Waals surface area contributed by atoms with Gasteiger partial charge in [-0.3, -0.25) is 0 Å². The second kappa shape index (κ2) is 4.47. The highest BCUT2D eigenvalue weighted by atomic mass is 35.5. The van der Waals surface area contributed by atoms with E-state index in [2.05, 4.69) is 20.2 Å². The predicted octanol–water partition coefficient (Wildman–Crippen LogP) is 1.69. The van der Waals surface area contributed by atoms with Crippen LogP contribution >= 0.6 is 11.6 Å². The molecule has 0 aromatic carbocycles. The Bertz CT molecular complexity index is 635. The van der Waals surface area contributed by atoms with Gasteiger partial charge in [0.2, 0.25) is 11.1 Å². The van der Waals surface area contributed by atoms with Gasteiger partial charge in [0, 0.05) is 0 Å². The van der Waals surface area contributed by atoms with Crippen molar-refractivity contribution in [3.63, 3.8) is 0 Å². The molecule has 0 amide bonds. The van der Waals surface area contributed by atoms with Gasteiger partial charge in [-0.2, -0.15) is 36.7 Å². The normalized spacial score (nSPS) is 12.7. The van der Waals surface area contributed by atoms with Crippen LogP contribution in [0.15, 0.2) is 12.7 Å². The number of alkyl halides is 5. The Morgan fingerprint density at radius 1 is 1.25 bits per heavy atom. The van der Waals surface area contributed by atoms with Crippen molar-refractivity contribution in [1.82, 2.24) is 29.5 Å². The van der Waals surface area contributed by atoms with E-state index < -0.39 is 29.2 Å². The van der Waals surface area contributed by atoms with E-state index in [4.69, 9.17) is 11.6 Å². The molecule has 0 fully saturated rings. The molecule has 0 radical (unpaired) electrons. The summed E-state index contributed by atoms with van der Waals surface area (Å²) in [5, 5.41) is 5.15. The standard InChI is InChI=1S/C7H2ClF5N6O/c8-4-16-3(6(9,10)7(11,12)13)17-19(4)5(20)18-2-14-1-15-18/h1-2H. The summed E-state index contributed by atoms with van der Waals surface area (Å²) in [6, 6.07) is -1.22. The van der Waals surface area contributed by atoms with E-state index in [1.54, 1.807) is 0 Å². The fraction of sp³-hybridized carbons (Fsp3) is 0.286. The largest absolute Gasteiger partial charge is 0.461 e. The number of halogens is 6. The molecular weight excluding hydrogens is 315 g/mol. The zero-order valence-corrected chi connectivity index (χ0v) is 9.77. The van der Waals surface area contributed by atoms with E-state index in [9.17, 15) is 26.7 Å². The van der Waals surface area contributed by atoms with Crippen molar-refractivity contribution in [2.75, 3.05) is 0 Å². The Morgan fingerprint density at radius 2 is 1.90 bits per heavy atom. The second-order valence-corrected chi connectivity index (χ2v) is 3.65. The van der Waals surface area contributed by atoms with Crippen LogP contribution in [0.1, 0.15) is 5.82 Å². The van der Waals surface area contributed by atoms with Gasteiger partial charge >= 0.3 is 18.1 Å². The van der Waals surface area contributed by atoms with Gasteiger partial charge in [0.1, 0.15) is 12.7 Å². The molecule has 2 aromatic heterocycles. The van der Waals surface area contributed by atoms with E-state index in [1.807, 2.05) is 0 Å². The van der Waals surface area contributed by atoms with Crippen molar-refractivity contribution in [2.24, 2.45) is 0 Å². The van der Waals surface area contributed by atoms with E-state index in [-0.39, 0.29) is 4.68 Å². The molecule has 108 valence electrons. The minimum absolute atomic E-state index is 0.0468. The molecule has 2 aromatic rings. The Morgan fingerprint density at radius 3 is 2.40 bits per heavy atom. The Hall–Kier alpha value is -2.11. The van der Waals surface area contributed by atoms with Crippen LogP contribution in [0.3, 0.4) is 0 Å². The van der Waals surface area contributed by atoms with Gasteiger partial charge in [0.05, 0.1) is 0 Å². The number of nitrogens with zero attached hydrogens (tertiary/aromatic N) is 6. The van der Waals surface area contributed by atoms with Crippen LogP contribution in [-0.2, 0) is 5.92 Å². The molecule has 13 heteroatoms. The van der Waals surface area contributed by atoms with Crippen LogP contribution < -0.4 is 0 Å². The van der Waals surface area contributed by atoms with Crippen LogP contribution in [0.5, 0.6) is 0 Å². The molecule has 2 heterocycles. The number of aromatic nitrogens is 6. The lowest BCUT2D eigenvalue weighted by molar-refractivity contribution is -0.292. The molecule has 0 aliphatic carbocycles. The number of hydrogen-bond donors (Lipinski definition) is 0. The van der Waals surface area contributed by atoms with Gasteiger partial charge < -0.3 is 0 Å². The summed E-state index contributed by atoms with van der Waals surface area (Å²) in [6.07, 6.45) is -4.10. The molecule has 0 unspecified atom stereocenters. The summed E-state index contributed by atoms with van der Waals surface area (Å²) < 4.78 is 63.0. The van der Waals surface area contributed by atoms with Crippen LogP contribution in [0, 0.1) is 0 Å². The van der Waals surface area contributed by atoms with Crippen LogP contribution in [0.4, 0.5) is 26.7 Å². The summed E-state index contributed by atoms with van der Waals surface area (Å²) in [5.41, 5.74) is 0. The van der Waals surface area contributed by atoms with E-state index in [1.165, 1.54) is 0 Å². The number of carbonyl (C=O) groups is 1. The van der Waals surface area contributed by atoms with Crippen molar-refractivity contribution in [3.8, 4) is 0 Å². The van der Waals surface area contributed by atoms with E-state index in [0.717, 1.165) is 12.7 Å². The summed E-state index contributed by atoms with van der Waals surface area (Å²) in [5.74, 6) is -7.28. The highest BCUT2D eigenvalue weighted by Crippen LogP contribution is 2.42. The smallest absolute Gasteiger partial charge is 0.243 e. The number of carbonyl (C=O) groups excluding carboxylic acids is 1. The topological polar surface area (TPSA) is 78.5 Å². The lowest BCUT2D eigenvalue weighted by Crippen LogP contribution is -2.35. The maximum Gasteiger partial charge on any atom is 0.461 e. The highest BCUT2D eigenvalue weighted by Gasteiger charge is 2.62. The first-order valence-corrected chi connectivity index (χ1v) is 4.99. The van der Waals surface area contributed by atoms with Gasteiger partial charge in [0.25, 0.3) is 0 Å². The second-order valence-electron chi connectivity index (χ2n) is 3.31. The van der Waals surface area contributed by atoms with Gasteiger partial charge in [-0.1, -0.05) is 0 Å². The Kier molecular flexibility index (Phi) is 3.20. The maximum atomic E-state index is 13.0. The fourth-order valence-corrected chi connectivity index (χ4v) is 1.27. The third-order valence-corrected chi connectivity index (χ3v) is 2.25. The van der Waals surface area contributed by atoms with Crippen molar-refractivity contribution < 1.29 is 26.7 Å².